The van der Waals surface area contributed by atoms with E-state index in [1.54, 1.807) is 0 Å². The van der Waals surface area contributed by atoms with Crippen LogP contribution in [0, 0.1) is 0 Å². The Bertz CT molecular complexity index is 140. The topological polar surface area (TPSA) is 0 Å². The number of quaternary nitrogens is 2. The molecule has 0 bridgehead atoms. The van der Waals surface area contributed by atoms with Gasteiger partial charge in [-0.2, -0.15) is 0 Å². The molecular formula is C16H40Br2CoI2N2. The molecule has 0 amide bonds. The van der Waals surface area contributed by atoms with E-state index in [1.165, 1.54) is 61.3 Å². The van der Waals surface area contributed by atoms with Crippen LogP contribution in [0.25, 0.3) is 0 Å². The SMILES string of the molecule is CC[N+](CC)(CC)CC.CC[N+](CC)(CC)CC.[Br-].[Br-].[Co+2].[I-].[I-]. The summed E-state index contributed by atoms with van der Waals surface area (Å²) in [6, 6.07) is 0. The van der Waals surface area contributed by atoms with Gasteiger partial charge in [-0.3, -0.25) is 0 Å². The molecule has 0 aromatic heterocycles. The minimum atomic E-state index is 0. The summed E-state index contributed by atoms with van der Waals surface area (Å²) in [5.74, 6) is 0. The largest absolute Gasteiger partial charge is 2.00 e. The standard InChI is InChI=1S/2C8H20N.2BrH.Co.2HI/c2*1-5-9(6-2,7-3)8-4;;;;;/h2*5-8H2,1-4H3;2*1H;;2*1H/q2*+1;;;+2;;/p-4. The van der Waals surface area contributed by atoms with Crippen molar-refractivity contribution in [1.82, 2.24) is 0 Å². The molecule has 2 nitrogen and oxygen atoms in total. The van der Waals surface area contributed by atoms with E-state index < -0.39 is 0 Å². The molecule has 0 unspecified atom stereocenters. The molecule has 23 heavy (non-hydrogen) atoms. The molecule has 0 rings (SSSR count). The van der Waals surface area contributed by atoms with Crippen molar-refractivity contribution in [1.29, 1.82) is 0 Å². The first kappa shape index (κ1) is 44.9. The van der Waals surface area contributed by atoms with Gasteiger partial charge in [0.25, 0.3) is 0 Å². The van der Waals surface area contributed by atoms with Crippen LogP contribution >= 0.6 is 0 Å². The first-order valence-corrected chi connectivity index (χ1v) is 8.19. The maximum Gasteiger partial charge on any atom is 2.00 e. The van der Waals surface area contributed by atoms with Crippen molar-refractivity contribution in [2.24, 2.45) is 0 Å². The van der Waals surface area contributed by atoms with Gasteiger partial charge in [-0.05, 0) is 55.4 Å². The van der Waals surface area contributed by atoms with Gasteiger partial charge in [-0.25, -0.2) is 0 Å². The first-order chi connectivity index (χ1) is 8.49. The maximum atomic E-state index is 2.27. The van der Waals surface area contributed by atoms with Gasteiger partial charge >= 0.3 is 16.8 Å². The smallest absolute Gasteiger partial charge is 1.00 e. The molecule has 0 aliphatic carbocycles. The predicted octanol–water partition coefficient (Wildman–Crippen LogP) is -8.22. The summed E-state index contributed by atoms with van der Waals surface area (Å²) in [5.41, 5.74) is 0. The molecule has 0 N–H and O–H groups in total. The predicted molar refractivity (Wildman–Crippen MR) is 84.8 cm³/mol. The third kappa shape index (κ3) is 18.0. The van der Waals surface area contributed by atoms with E-state index in [0.717, 1.165) is 0 Å². The Morgan fingerprint density at radius 2 is 0.478 bits per heavy atom. The number of nitrogens with zero attached hydrogens (tertiary/aromatic N) is 2. The van der Waals surface area contributed by atoms with Crippen LogP contribution < -0.4 is 81.9 Å². The molecule has 0 aromatic carbocycles. The van der Waals surface area contributed by atoms with Crippen molar-refractivity contribution in [3.8, 4) is 0 Å². The molecular weight excluding hydrogens is 693 g/mol. The van der Waals surface area contributed by atoms with Gasteiger partial charge in [0.1, 0.15) is 0 Å². The minimum Gasteiger partial charge on any atom is -1.00 e. The van der Waals surface area contributed by atoms with Gasteiger partial charge < -0.3 is 90.9 Å². The van der Waals surface area contributed by atoms with Gasteiger partial charge in [-0.1, -0.05) is 0 Å². The van der Waals surface area contributed by atoms with Crippen molar-refractivity contribution < 1.29 is 108 Å². The normalized spacial score (nSPS) is 9.39. The van der Waals surface area contributed by atoms with Crippen molar-refractivity contribution >= 4 is 0 Å². The zero-order chi connectivity index (χ0) is 14.7. The van der Waals surface area contributed by atoms with Gasteiger partial charge in [-0.15, -0.1) is 0 Å². The Labute approximate surface area is 213 Å². The number of hydrogen-bond donors (Lipinski definition) is 0. The van der Waals surface area contributed by atoms with Gasteiger partial charge in [0.05, 0.1) is 52.4 Å². The quantitative estimate of drug-likeness (QED) is 0.172. The first-order valence-electron chi connectivity index (χ1n) is 8.19. The Balaban J connectivity index is -0.0000000366. The summed E-state index contributed by atoms with van der Waals surface area (Å²) >= 11 is 0. The zero-order valence-corrected chi connectivity index (χ0v) is 24.9. The third-order valence-corrected chi connectivity index (χ3v) is 5.37. The van der Waals surface area contributed by atoms with Crippen LogP contribution in [0.1, 0.15) is 55.4 Å². The van der Waals surface area contributed by atoms with E-state index in [2.05, 4.69) is 55.4 Å². The number of halogens is 4. The summed E-state index contributed by atoms with van der Waals surface area (Å²) in [4.78, 5) is 0. The fraction of sp³-hybridized carbons (Fsp3) is 1.00. The second-order valence-corrected chi connectivity index (χ2v) is 5.21. The molecule has 7 heteroatoms. The summed E-state index contributed by atoms with van der Waals surface area (Å²) in [7, 11) is 0. The molecule has 0 fully saturated rings. The Hall–Kier alpha value is 2.85. The zero-order valence-electron chi connectivity index (χ0n) is 16.4. The van der Waals surface area contributed by atoms with Crippen LogP contribution in [0.5, 0.6) is 0 Å². The maximum absolute atomic E-state index is 2.27. The Kier molecular flexibility index (Phi) is 52.9. The summed E-state index contributed by atoms with van der Waals surface area (Å²) < 4.78 is 2.56. The Morgan fingerprint density at radius 3 is 0.478 bits per heavy atom. The summed E-state index contributed by atoms with van der Waals surface area (Å²) in [6.45, 7) is 28.4. The molecule has 151 valence electrons. The van der Waals surface area contributed by atoms with Gasteiger partial charge in [0.15, 0.2) is 0 Å². The van der Waals surface area contributed by atoms with E-state index in [1.807, 2.05) is 0 Å². The van der Waals surface area contributed by atoms with Crippen LogP contribution in [0.4, 0.5) is 0 Å². The van der Waals surface area contributed by atoms with Crippen LogP contribution in [-0.2, 0) is 16.8 Å². The van der Waals surface area contributed by atoms with E-state index in [0.29, 0.717) is 0 Å². The average Bonchev–Trinajstić information content (AvgIpc) is 2.46. The Morgan fingerprint density at radius 1 is 0.391 bits per heavy atom. The molecule has 0 saturated heterocycles. The van der Waals surface area contributed by atoms with Gasteiger partial charge in [0, 0.05) is 0 Å². The molecule has 0 saturated carbocycles. The van der Waals surface area contributed by atoms with Crippen LogP contribution in [0.15, 0.2) is 0 Å². The molecule has 0 atom stereocenters. The van der Waals surface area contributed by atoms with Crippen molar-refractivity contribution in [3.05, 3.63) is 0 Å². The second kappa shape index (κ2) is 27.1. The van der Waals surface area contributed by atoms with Crippen molar-refractivity contribution in [2.45, 2.75) is 55.4 Å². The molecule has 0 aliphatic heterocycles. The van der Waals surface area contributed by atoms with Crippen LogP contribution in [0.2, 0.25) is 0 Å². The van der Waals surface area contributed by atoms with Crippen molar-refractivity contribution in [2.75, 3.05) is 52.4 Å². The number of rotatable bonds is 8. The molecule has 1 radical (unpaired) electrons. The second-order valence-electron chi connectivity index (χ2n) is 5.21. The molecule has 0 spiro atoms. The van der Waals surface area contributed by atoms with Crippen LogP contribution in [0.3, 0.4) is 0 Å². The average molecular weight is 733 g/mol. The van der Waals surface area contributed by atoms with Crippen LogP contribution in [-0.4, -0.2) is 61.3 Å². The fourth-order valence-corrected chi connectivity index (χ4v) is 2.68. The van der Waals surface area contributed by atoms with Gasteiger partial charge in [0.2, 0.25) is 0 Å². The van der Waals surface area contributed by atoms with Crippen molar-refractivity contribution in [3.63, 3.8) is 0 Å². The monoisotopic (exact) mass is 731 g/mol. The minimum absolute atomic E-state index is 0. The number of hydrogen-bond acceptors (Lipinski definition) is 0. The van der Waals surface area contributed by atoms with E-state index in [4.69, 9.17) is 0 Å². The van der Waals surface area contributed by atoms with E-state index in [9.17, 15) is 0 Å². The molecule has 0 aliphatic rings. The fourth-order valence-electron chi connectivity index (χ4n) is 2.68. The van der Waals surface area contributed by atoms with E-state index >= 15 is 0 Å². The summed E-state index contributed by atoms with van der Waals surface area (Å²) in [6.07, 6.45) is 0. The molecule has 0 heterocycles. The summed E-state index contributed by atoms with van der Waals surface area (Å²) in [5, 5.41) is 0. The van der Waals surface area contributed by atoms with E-state index in [-0.39, 0.29) is 98.7 Å². The third-order valence-electron chi connectivity index (χ3n) is 5.37. The molecule has 0 aromatic rings.